The molecular weight excluding hydrogens is 312 g/mol. The van der Waals surface area contributed by atoms with E-state index in [2.05, 4.69) is 21.1 Å². The van der Waals surface area contributed by atoms with E-state index in [4.69, 9.17) is 9.26 Å². The smallest absolute Gasteiger partial charge is 0.381 e. The van der Waals surface area contributed by atoms with Gasteiger partial charge in [0.15, 0.2) is 5.82 Å². The monoisotopic (exact) mass is 324 g/mol. The number of benzene rings is 1. The molecule has 1 aliphatic heterocycles. The predicted molar refractivity (Wildman–Crippen MR) is 72.8 cm³/mol. The van der Waals surface area contributed by atoms with Crippen LogP contribution in [0.2, 0.25) is 0 Å². The molecule has 0 spiro atoms. The van der Waals surface area contributed by atoms with Crippen LogP contribution in [0.15, 0.2) is 38.1 Å². The van der Waals surface area contributed by atoms with Crippen LogP contribution in [0.5, 0.6) is 0 Å². The number of hydrogen-bond donors (Lipinski definition) is 0. The summed E-state index contributed by atoms with van der Waals surface area (Å²) in [6.45, 7) is 2.04. The molecule has 3 rings (SSSR count). The van der Waals surface area contributed by atoms with E-state index in [0.717, 1.165) is 23.1 Å². The number of halogens is 1. The molecule has 0 bridgehead atoms. The van der Waals surface area contributed by atoms with Crippen molar-refractivity contribution in [3.05, 3.63) is 39.3 Å². The van der Waals surface area contributed by atoms with Gasteiger partial charge < -0.3 is 4.74 Å². The Morgan fingerprint density at radius 2 is 2.37 bits per heavy atom. The maximum absolute atomic E-state index is 11.8. The van der Waals surface area contributed by atoms with Crippen LogP contribution in [0.4, 0.5) is 0 Å². The van der Waals surface area contributed by atoms with Crippen molar-refractivity contribution in [2.45, 2.75) is 13.0 Å². The molecule has 2 aromatic rings. The molecule has 19 heavy (non-hydrogen) atoms. The van der Waals surface area contributed by atoms with E-state index >= 15 is 0 Å². The first-order chi connectivity index (χ1) is 9.24. The van der Waals surface area contributed by atoms with E-state index in [9.17, 15) is 4.79 Å². The van der Waals surface area contributed by atoms with Gasteiger partial charge in [-0.2, -0.15) is 0 Å². The quantitative estimate of drug-likeness (QED) is 0.869. The van der Waals surface area contributed by atoms with Crippen LogP contribution < -0.4 is 5.76 Å². The fourth-order valence-corrected chi connectivity index (χ4v) is 2.65. The summed E-state index contributed by atoms with van der Waals surface area (Å²) in [6.07, 6.45) is 0.968. The van der Waals surface area contributed by atoms with Gasteiger partial charge >= 0.3 is 5.76 Å². The van der Waals surface area contributed by atoms with E-state index in [1.54, 1.807) is 4.57 Å². The molecule has 100 valence electrons. The highest BCUT2D eigenvalue weighted by Gasteiger charge is 2.21. The normalized spacial score (nSPS) is 18.9. The third-order valence-corrected chi connectivity index (χ3v) is 3.73. The van der Waals surface area contributed by atoms with Gasteiger partial charge in [0.25, 0.3) is 0 Å². The summed E-state index contributed by atoms with van der Waals surface area (Å²) in [6, 6.07) is 7.65. The summed E-state index contributed by atoms with van der Waals surface area (Å²) in [5.41, 5.74) is 0.860. The van der Waals surface area contributed by atoms with Gasteiger partial charge in [0.2, 0.25) is 0 Å². The second-order valence-corrected chi connectivity index (χ2v) is 5.54. The second-order valence-electron chi connectivity index (χ2n) is 4.62. The van der Waals surface area contributed by atoms with E-state index in [1.807, 2.05) is 24.3 Å². The lowest BCUT2D eigenvalue weighted by molar-refractivity contribution is 0.182. The van der Waals surface area contributed by atoms with E-state index < -0.39 is 5.76 Å². The van der Waals surface area contributed by atoms with Gasteiger partial charge in [-0.3, -0.25) is 9.09 Å². The summed E-state index contributed by atoms with van der Waals surface area (Å²) in [5.74, 6) is 0.503. The Kier molecular flexibility index (Phi) is 3.52. The predicted octanol–water partition coefficient (Wildman–Crippen LogP) is 2.30. The van der Waals surface area contributed by atoms with Gasteiger partial charge in [-0.05, 0) is 18.6 Å². The van der Waals surface area contributed by atoms with Crippen LogP contribution >= 0.6 is 15.9 Å². The molecule has 0 N–H and O–H groups in total. The number of nitrogens with zero attached hydrogens (tertiary/aromatic N) is 2. The summed E-state index contributed by atoms with van der Waals surface area (Å²) in [5, 5.41) is 3.88. The minimum Gasteiger partial charge on any atom is -0.381 e. The van der Waals surface area contributed by atoms with Crippen LogP contribution in [0.1, 0.15) is 6.42 Å². The largest absolute Gasteiger partial charge is 0.441 e. The zero-order chi connectivity index (χ0) is 13.2. The maximum atomic E-state index is 11.8. The molecule has 1 fully saturated rings. The van der Waals surface area contributed by atoms with Crippen molar-refractivity contribution < 1.29 is 9.26 Å². The third-order valence-electron chi connectivity index (χ3n) is 3.23. The summed E-state index contributed by atoms with van der Waals surface area (Å²) in [4.78, 5) is 11.8. The first-order valence-corrected chi connectivity index (χ1v) is 6.93. The van der Waals surface area contributed by atoms with Gasteiger partial charge in [-0.25, -0.2) is 4.79 Å². The Morgan fingerprint density at radius 1 is 1.47 bits per heavy atom. The average molecular weight is 325 g/mol. The molecule has 0 radical (unpaired) electrons. The molecule has 1 aromatic carbocycles. The highest BCUT2D eigenvalue weighted by atomic mass is 79.9. The molecule has 1 atom stereocenters. The Balaban J connectivity index is 1.95. The average Bonchev–Trinajstić information content (AvgIpc) is 3.01. The topological polar surface area (TPSA) is 57.3 Å². The van der Waals surface area contributed by atoms with Crippen LogP contribution in [0.25, 0.3) is 11.4 Å². The number of ether oxygens (including phenoxy) is 1. The Hall–Kier alpha value is -1.40. The maximum Gasteiger partial charge on any atom is 0.441 e. The van der Waals surface area contributed by atoms with Gasteiger partial charge in [-0.1, -0.05) is 33.2 Å². The van der Waals surface area contributed by atoms with Crippen molar-refractivity contribution in [2.24, 2.45) is 5.92 Å². The number of aromatic nitrogens is 2. The van der Waals surface area contributed by atoms with Crippen LogP contribution in [0, 0.1) is 5.92 Å². The van der Waals surface area contributed by atoms with Crippen molar-refractivity contribution in [1.82, 2.24) is 9.72 Å². The van der Waals surface area contributed by atoms with Gasteiger partial charge in [0, 0.05) is 29.1 Å². The van der Waals surface area contributed by atoms with Gasteiger partial charge in [-0.15, -0.1) is 0 Å². The fraction of sp³-hybridized carbons (Fsp3) is 0.385. The molecule has 1 aromatic heterocycles. The Labute approximate surface area is 118 Å². The molecule has 1 aliphatic rings. The third kappa shape index (κ3) is 2.64. The summed E-state index contributed by atoms with van der Waals surface area (Å²) >= 11 is 3.41. The molecular formula is C13H13BrN2O3. The van der Waals surface area contributed by atoms with E-state index in [1.165, 1.54) is 0 Å². The van der Waals surface area contributed by atoms with E-state index in [0.29, 0.717) is 24.9 Å². The van der Waals surface area contributed by atoms with E-state index in [-0.39, 0.29) is 0 Å². The number of hydrogen-bond acceptors (Lipinski definition) is 4. The summed E-state index contributed by atoms with van der Waals surface area (Å²) < 4.78 is 12.7. The first-order valence-electron chi connectivity index (χ1n) is 6.14. The molecule has 0 unspecified atom stereocenters. The molecule has 6 heteroatoms. The lowest BCUT2D eigenvalue weighted by Crippen LogP contribution is -2.21. The first kappa shape index (κ1) is 12.6. The zero-order valence-electron chi connectivity index (χ0n) is 10.2. The molecule has 2 heterocycles. The molecule has 1 saturated heterocycles. The standard InChI is InChI=1S/C13H13BrN2O3/c14-11-3-1-2-10(6-11)12-15-19-13(17)16(12)7-9-4-5-18-8-9/h1-3,6,9H,4-5,7-8H2/t9-/m1/s1. The molecule has 0 amide bonds. The molecule has 0 saturated carbocycles. The minimum absolute atomic E-state index is 0.350. The van der Waals surface area contributed by atoms with Gasteiger partial charge in [0.05, 0.1) is 6.61 Å². The second kappa shape index (κ2) is 5.30. The highest BCUT2D eigenvalue weighted by Crippen LogP contribution is 2.22. The zero-order valence-corrected chi connectivity index (χ0v) is 11.8. The van der Waals surface area contributed by atoms with Crippen molar-refractivity contribution in [1.29, 1.82) is 0 Å². The molecule has 5 nitrogen and oxygen atoms in total. The van der Waals surface area contributed by atoms with Crippen molar-refractivity contribution >= 4 is 15.9 Å². The van der Waals surface area contributed by atoms with Crippen LogP contribution in [-0.4, -0.2) is 22.9 Å². The fourth-order valence-electron chi connectivity index (χ4n) is 2.25. The Bertz CT molecular complexity index is 629. The lowest BCUT2D eigenvalue weighted by atomic mass is 10.1. The SMILES string of the molecule is O=c1onc(-c2cccc(Br)c2)n1C[C@H]1CCOC1. The summed E-state index contributed by atoms with van der Waals surface area (Å²) in [7, 11) is 0. The minimum atomic E-state index is -0.415. The number of rotatable bonds is 3. The molecule has 0 aliphatic carbocycles. The van der Waals surface area contributed by atoms with Crippen molar-refractivity contribution in [3.63, 3.8) is 0 Å². The van der Waals surface area contributed by atoms with Crippen molar-refractivity contribution in [3.8, 4) is 11.4 Å². The van der Waals surface area contributed by atoms with Crippen LogP contribution in [0.3, 0.4) is 0 Å². The highest BCUT2D eigenvalue weighted by molar-refractivity contribution is 9.10. The van der Waals surface area contributed by atoms with Gasteiger partial charge in [0.1, 0.15) is 0 Å². The Morgan fingerprint density at radius 3 is 3.11 bits per heavy atom. The lowest BCUT2D eigenvalue weighted by Gasteiger charge is -2.09. The van der Waals surface area contributed by atoms with Crippen molar-refractivity contribution in [2.75, 3.05) is 13.2 Å². The van der Waals surface area contributed by atoms with Crippen LogP contribution in [-0.2, 0) is 11.3 Å².